The van der Waals surface area contributed by atoms with Crippen LogP contribution in [-0.4, -0.2) is 17.5 Å². The zero-order valence-electron chi connectivity index (χ0n) is 16.5. The third-order valence-corrected chi connectivity index (χ3v) is 5.13. The first-order valence-corrected chi connectivity index (χ1v) is 9.85. The van der Waals surface area contributed by atoms with E-state index in [1.165, 1.54) is 6.42 Å². The number of hydrazone groups is 1. The summed E-state index contributed by atoms with van der Waals surface area (Å²) in [5.74, 6) is -0.0372. The normalized spacial score (nSPS) is 15.1. The Morgan fingerprint density at radius 2 is 1.68 bits per heavy atom. The molecule has 28 heavy (non-hydrogen) atoms. The van der Waals surface area contributed by atoms with Crippen molar-refractivity contribution in [3.05, 3.63) is 65.2 Å². The van der Waals surface area contributed by atoms with Crippen LogP contribution in [0.25, 0.3) is 0 Å². The molecule has 5 heteroatoms. The molecule has 3 rings (SSSR count). The Morgan fingerprint density at radius 1 is 0.964 bits per heavy atom. The SMILES string of the molecule is C/C(=N/NC(=O)c1cccc(C)c1)c1cccc(NC(=O)C2CCCCC2)c1. The highest BCUT2D eigenvalue weighted by molar-refractivity contribution is 6.02. The Hall–Kier alpha value is -2.95. The van der Waals surface area contributed by atoms with Crippen molar-refractivity contribution in [3.63, 3.8) is 0 Å². The summed E-state index contributed by atoms with van der Waals surface area (Å²) < 4.78 is 0. The second-order valence-corrected chi connectivity index (χ2v) is 7.41. The maximum atomic E-state index is 12.4. The van der Waals surface area contributed by atoms with Gasteiger partial charge in [-0.2, -0.15) is 5.10 Å². The summed E-state index contributed by atoms with van der Waals surface area (Å²) in [5, 5.41) is 7.24. The number of carbonyl (C=O) groups is 2. The molecule has 0 spiro atoms. The predicted octanol–water partition coefficient (Wildman–Crippen LogP) is 4.67. The van der Waals surface area contributed by atoms with Gasteiger partial charge in [-0.05, 0) is 56.5 Å². The fourth-order valence-corrected chi connectivity index (χ4v) is 3.48. The molecule has 0 atom stereocenters. The van der Waals surface area contributed by atoms with E-state index in [2.05, 4.69) is 15.8 Å². The highest BCUT2D eigenvalue weighted by atomic mass is 16.2. The molecule has 1 saturated carbocycles. The number of rotatable bonds is 5. The lowest BCUT2D eigenvalue weighted by atomic mass is 9.88. The second kappa shape index (κ2) is 9.31. The van der Waals surface area contributed by atoms with Crippen LogP contribution in [0.3, 0.4) is 0 Å². The second-order valence-electron chi connectivity index (χ2n) is 7.41. The van der Waals surface area contributed by atoms with Gasteiger partial charge in [0.2, 0.25) is 5.91 Å². The molecule has 0 bridgehead atoms. The van der Waals surface area contributed by atoms with Crippen LogP contribution in [0.15, 0.2) is 53.6 Å². The molecule has 0 aliphatic heterocycles. The first-order chi connectivity index (χ1) is 13.5. The fraction of sp³-hybridized carbons (Fsp3) is 0.348. The van der Waals surface area contributed by atoms with Crippen LogP contribution in [-0.2, 0) is 4.79 Å². The Balaban J connectivity index is 1.64. The van der Waals surface area contributed by atoms with Gasteiger partial charge in [-0.3, -0.25) is 9.59 Å². The number of aryl methyl sites for hydroxylation is 1. The van der Waals surface area contributed by atoms with Crippen LogP contribution in [0.4, 0.5) is 5.69 Å². The average Bonchev–Trinajstić information content (AvgIpc) is 2.72. The highest BCUT2D eigenvalue weighted by Crippen LogP contribution is 2.25. The standard InChI is InChI=1S/C23H27N3O2/c1-16-8-6-12-20(14-16)23(28)26-25-17(2)19-11-7-13-21(15-19)24-22(27)18-9-4-3-5-10-18/h6-8,11-15,18H,3-5,9-10H2,1-2H3,(H,24,27)(H,26,28)/b25-17-. The zero-order valence-corrected chi connectivity index (χ0v) is 16.5. The largest absolute Gasteiger partial charge is 0.326 e. The van der Waals surface area contributed by atoms with Crippen LogP contribution >= 0.6 is 0 Å². The first kappa shape index (κ1) is 19.8. The molecule has 2 amide bonds. The molecule has 0 unspecified atom stereocenters. The van der Waals surface area contributed by atoms with Gasteiger partial charge in [-0.15, -0.1) is 0 Å². The van der Waals surface area contributed by atoms with Gasteiger partial charge in [0, 0.05) is 17.2 Å². The van der Waals surface area contributed by atoms with Crippen LogP contribution in [0.5, 0.6) is 0 Å². The number of amides is 2. The van der Waals surface area contributed by atoms with Gasteiger partial charge in [0.1, 0.15) is 0 Å². The van der Waals surface area contributed by atoms with Gasteiger partial charge < -0.3 is 5.32 Å². The van der Waals surface area contributed by atoms with Crippen molar-refractivity contribution in [1.82, 2.24) is 5.43 Å². The number of benzene rings is 2. The molecule has 1 fully saturated rings. The molecule has 0 radical (unpaired) electrons. The van der Waals surface area contributed by atoms with Gasteiger partial charge in [-0.25, -0.2) is 5.43 Å². The van der Waals surface area contributed by atoms with Gasteiger partial charge in [0.05, 0.1) is 5.71 Å². The molecule has 2 aromatic rings. The topological polar surface area (TPSA) is 70.6 Å². The van der Waals surface area contributed by atoms with Gasteiger partial charge in [0.15, 0.2) is 0 Å². The lowest BCUT2D eigenvalue weighted by Gasteiger charge is -2.20. The number of hydrogen-bond donors (Lipinski definition) is 2. The lowest BCUT2D eigenvalue weighted by molar-refractivity contribution is -0.120. The van der Waals surface area contributed by atoms with Crippen molar-refractivity contribution in [2.45, 2.75) is 46.0 Å². The molecular formula is C23H27N3O2. The molecule has 0 aromatic heterocycles. The quantitative estimate of drug-likeness (QED) is 0.587. The molecule has 1 aliphatic carbocycles. The van der Waals surface area contributed by atoms with Gasteiger partial charge >= 0.3 is 0 Å². The van der Waals surface area contributed by atoms with E-state index in [9.17, 15) is 9.59 Å². The van der Waals surface area contributed by atoms with E-state index in [4.69, 9.17) is 0 Å². The third-order valence-electron chi connectivity index (χ3n) is 5.13. The Kier molecular flexibility index (Phi) is 6.58. The van der Waals surface area contributed by atoms with E-state index >= 15 is 0 Å². The maximum Gasteiger partial charge on any atom is 0.271 e. The average molecular weight is 377 g/mol. The Morgan fingerprint density at radius 3 is 2.43 bits per heavy atom. The Labute approximate surface area is 166 Å². The summed E-state index contributed by atoms with van der Waals surface area (Å²) in [6, 6.07) is 14.9. The molecular weight excluding hydrogens is 350 g/mol. The summed E-state index contributed by atoms with van der Waals surface area (Å²) in [4.78, 5) is 24.7. The van der Waals surface area contributed by atoms with E-state index in [0.717, 1.165) is 42.5 Å². The summed E-state index contributed by atoms with van der Waals surface area (Å²) in [6.45, 7) is 3.77. The minimum Gasteiger partial charge on any atom is -0.326 e. The Bertz CT molecular complexity index is 883. The van der Waals surface area contributed by atoms with Crippen LogP contribution in [0.2, 0.25) is 0 Å². The van der Waals surface area contributed by atoms with Crippen LogP contribution in [0, 0.1) is 12.8 Å². The molecule has 1 aliphatic rings. The van der Waals surface area contributed by atoms with E-state index < -0.39 is 0 Å². The number of hydrogen-bond acceptors (Lipinski definition) is 3. The van der Waals surface area contributed by atoms with Crippen LogP contribution < -0.4 is 10.7 Å². The maximum absolute atomic E-state index is 12.4. The van der Waals surface area contributed by atoms with Crippen molar-refractivity contribution in [3.8, 4) is 0 Å². The number of anilines is 1. The predicted molar refractivity (Wildman–Crippen MR) is 113 cm³/mol. The van der Waals surface area contributed by atoms with Crippen molar-refractivity contribution >= 4 is 23.2 Å². The van der Waals surface area contributed by atoms with Crippen molar-refractivity contribution in [1.29, 1.82) is 0 Å². The highest BCUT2D eigenvalue weighted by Gasteiger charge is 2.21. The molecule has 2 N–H and O–H groups in total. The van der Waals surface area contributed by atoms with E-state index in [0.29, 0.717) is 11.3 Å². The minimum absolute atomic E-state index is 0.0965. The number of carbonyl (C=O) groups excluding carboxylic acids is 2. The number of nitrogens with one attached hydrogen (secondary N) is 2. The smallest absolute Gasteiger partial charge is 0.271 e. The monoisotopic (exact) mass is 377 g/mol. The van der Waals surface area contributed by atoms with Gasteiger partial charge in [-0.1, -0.05) is 49.1 Å². The zero-order chi connectivity index (χ0) is 19.9. The summed E-state index contributed by atoms with van der Waals surface area (Å²) in [6.07, 6.45) is 5.42. The van der Waals surface area contributed by atoms with Crippen molar-refractivity contribution < 1.29 is 9.59 Å². The lowest BCUT2D eigenvalue weighted by Crippen LogP contribution is -2.24. The van der Waals surface area contributed by atoms with Gasteiger partial charge in [0.25, 0.3) is 5.91 Å². The van der Waals surface area contributed by atoms with E-state index in [-0.39, 0.29) is 17.7 Å². The van der Waals surface area contributed by atoms with Crippen molar-refractivity contribution in [2.75, 3.05) is 5.32 Å². The molecule has 146 valence electrons. The third kappa shape index (κ3) is 5.28. The first-order valence-electron chi connectivity index (χ1n) is 9.85. The summed E-state index contributed by atoms with van der Waals surface area (Å²) in [7, 11) is 0. The van der Waals surface area contributed by atoms with Crippen molar-refractivity contribution in [2.24, 2.45) is 11.0 Å². The molecule has 5 nitrogen and oxygen atoms in total. The fourth-order valence-electron chi connectivity index (χ4n) is 3.48. The van der Waals surface area contributed by atoms with E-state index in [1.807, 2.05) is 56.3 Å². The summed E-state index contributed by atoms with van der Waals surface area (Å²) >= 11 is 0. The van der Waals surface area contributed by atoms with E-state index in [1.54, 1.807) is 6.07 Å². The molecule has 2 aromatic carbocycles. The number of nitrogens with zero attached hydrogens (tertiary/aromatic N) is 1. The van der Waals surface area contributed by atoms with Crippen LogP contribution in [0.1, 0.15) is 60.5 Å². The molecule has 0 heterocycles. The summed E-state index contributed by atoms with van der Waals surface area (Å²) in [5.41, 5.74) is 6.48. The molecule has 0 saturated heterocycles. The minimum atomic E-state index is -0.246.